The molecule has 2 rings (SSSR count). The summed E-state index contributed by atoms with van der Waals surface area (Å²) in [6, 6.07) is 6.79. The van der Waals surface area contributed by atoms with Gasteiger partial charge in [-0.15, -0.1) is 0 Å². The van der Waals surface area contributed by atoms with Crippen molar-refractivity contribution in [3.8, 4) is 0 Å². The van der Waals surface area contributed by atoms with E-state index in [-0.39, 0.29) is 11.6 Å². The summed E-state index contributed by atoms with van der Waals surface area (Å²) in [7, 11) is 0. The van der Waals surface area contributed by atoms with Crippen molar-refractivity contribution in [2.75, 3.05) is 0 Å². The lowest BCUT2D eigenvalue weighted by atomic mass is 10.2. The van der Waals surface area contributed by atoms with Gasteiger partial charge in [0.1, 0.15) is 11.6 Å². The molecular weight excluding hydrogens is 205 g/mol. The Morgan fingerprint density at radius 2 is 2.19 bits per heavy atom. The van der Waals surface area contributed by atoms with Crippen molar-refractivity contribution in [2.45, 2.75) is 26.8 Å². The zero-order valence-corrected chi connectivity index (χ0v) is 9.46. The topological polar surface area (TPSA) is 22.0 Å². The number of carbonyl (C=O) groups excluding carboxylic acids is 1. The van der Waals surface area contributed by atoms with Crippen LogP contribution in [-0.2, 0) is 17.8 Å². The lowest BCUT2D eigenvalue weighted by Gasteiger charge is -2.05. The Balaban J connectivity index is 2.66. The van der Waals surface area contributed by atoms with Crippen molar-refractivity contribution in [1.29, 1.82) is 0 Å². The van der Waals surface area contributed by atoms with Crippen molar-refractivity contribution in [1.82, 2.24) is 4.57 Å². The first-order chi connectivity index (χ1) is 7.63. The summed E-state index contributed by atoms with van der Waals surface area (Å²) in [6.07, 6.45) is 0.363. The van der Waals surface area contributed by atoms with Gasteiger partial charge >= 0.3 is 0 Å². The molecule has 3 heteroatoms. The molecule has 0 amide bonds. The molecule has 0 spiro atoms. The zero-order chi connectivity index (χ0) is 11.7. The van der Waals surface area contributed by atoms with Gasteiger partial charge in [-0.25, -0.2) is 4.39 Å². The molecule has 0 aliphatic heterocycles. The zero-order valence-electron chi connectivity index (χ0n) is 9.46. The first kappa shape index (κ1) is 10.9. The highest BCUT2D eigenvalue weighted by atomic mass is 19.1. The van der Waals surface area contributed by atoms with Crippen LogP contribution in [-0.4, -0.2) is 10.4 Å². The van der Waals surface area contributed by atoms with Gasteiger partial charge < -0.3 is 4.57 Å². The Hall–Kier alpha value is -1.64. The maximum absolute atomic E-state index is 13.6. The standard InChI is InChI=1S/C13H14FNO/c1-3-15-10(7-9(2)16)8-11-12(14)5-4-6-13(11)15/h4-6,8H,3,7H2,1-2H3. The van der Waals surface area contributed by atoms with Crippen LogP contribution in [0.3, 0.4) is 0 Å². The van der Waals surface area contributed by atoms with Crippen LogP contribution >= 0.6 is 0 Å². The maximum atomic E-state index is 13.6. The van der Waals surface area contributed by atoms with Gasteiger partial charge in [0.05, 0.1) is 5.52 Å². The van der Waals surface area contributed by atoms with Gasteiger partial charge in [0, 0.05) is 24.0 Å². The van der Waals surface area contributed by atoms with Crippen LogP contribution in [0.4, 0.5) is 4.39 Å². The molecule has 84 valence electrons. The van der Waals surface area contributed by atoms with E-state index in [9.17, 15) is 9.18 Å². The maximum Gasteiger partial charge on any atom is 0.135 e. The van der Waals surface area contributed by atoms with E-state index >= 15 is 0 Å². The van der Waals surface area contributed by atoms with E-state index in [4.69, 9.17) is 0 Å². The highest BCUT2D eigenvalue weighted by Gasteiger charge is 2.11. The summed E-state index contributed by atoms with van der Waals surface area (Å²) >= 11 is 0. The highest BCUT2D eigenvalue weighted by molar-refractivity contribution is 5.85. The number of rotatable bonds is 3. The molecule has 0 radical (unpaired) electrons. The van der Waals surface area contributed by atoms with Crippen LogP contribution in [0.2, 0.25) is 0 Å². The molecule has 0 N–H and O–H groups in total. The molecule has 0 aliphatic carbocycles. The van der Waals surface area contributed by atoms with Crippen molar-refractivity contribution < 1.29 is 9.18 Å². The third kappa shape index (κ3) is 1.73. The number of carbonyl (C=O) groups is 1. The number of aryl methyl sites for hydroxylation is 1. The minimum absolute atomic E-state index is 0.0953. The summed E-state index contributed by atoms with van der Waals surface area (Å²) in [5.74, 6) is -0.132. The number of benzene rings is 1. The second kappa shape index (κ2) is 4.08. The van der Waals surface area contributed by atoms with Gasteiger partial charge in [-0.3, -0.25) is 4.79 Å². The Kier molecular flexibility index (Phi) is 2.77. The van der Waals surface area contributed by atoms with Gasteiger partial charge in [-0.05, 0) is 32.0 Å². The van der Waals surface area contributed by atoms with Crippen LogP contribution < -0.4 is 0 Å². The first-order valence-electron chi connectivity index (χ1n) is 5.39. The largest absolute Gasteiger partial charge is 0.344 e. The van der Waals surface area contributed by atoms with Gasteiger partial charge in [-0.1, -0.05) is 6.07 Å². The number of hydrogen-bond acceptors (Lipinski definition) is 1. The van der Waals surface area contributed by atoms with Crippen LogP contribution in [0.1, 0.15) is 19.5 Å². The Labute approximate surface area is 93.7 Å². The minimum Gasteiger partial charge on any atom is -0.344 e. The van der Waals surface area contributed by atoms with Gasteiger partial charge in [0.2, 0.25) is 0 Å². The monoisotopic (exact) mass is 219 g/mol. The number of Topliss-reactive ketones (excluding diaryl/α,β-unsaturated/α-hetero) is 1. The molecule has 0 saturated heterocycles. The average Bonchev–Trinajstić information content (AvgIpc) is 2.56. The Morgan fingerprint density at radius 3 is 2.81 bits per heavy atom. The summed E-state index contributed by atoms with van der Waals surface area (Å²) < 4.78 is 15.5. The van der Waals surface area contributed by atoms with Gasteiger partial charge in [-0.2, -0.15) is 0 Å². The summed E-state index contributed by atoms with van der Waals surface area (Å²) in [4.78, 5) is 11.1. The molecule has 0 bridgehead atoms. The van der Waals surface area contributed by atoms with Crippen LogP contribution in [0.15, 0.2) is 24.3 Å². The van der Waals surface area contributed by atoms with Crippen molar-refractivity contribution in [3.05, 3.63) is 35.8 Å². The Bertz CT molecular complexity index is 542. The predicted octanol–water partition coefficient (Wildman–Crippen LogP) is 2.93. The Morgan fingerprint density at radius 1 is 1.44 bits per heavy atom. The molecule has 16 heavy (non-hydrogen) atoms. The van der Waals surface area contributed by atoms with E-state index in [2.05, 4.69) is 0 Å². The predicted molar refractivity (Wildman–Crippen MR) is 62.0 cm³/mol. The fraction of sp³-hybridized carbons (Fsp3) is 0.308. The molecule has 0 saturated carbocycles. The normalized spacial score (nSPS) is 10.9. The number of halogens is 1. The SMILES string of the molecule is CCn1c(CC(C)=O)cc2c(F)cccc21. The second-order valence-corrected chi connectivity index (χ2v) is 3.93. The molecule has 1 aromatic heterocycles. The lowest BCUT2D eigenvalue weighted by Crippen LogP contribution is -2.04. The van der Waals surface area contributed by atoms with Crippen LogP contribution in [0.25, 0.3) is 10.9 Å². The number of ketones is 1. The molecule has 2 aromatic rings. The van der Waals surface area contributed by atoms with E-state index < -0.39 is 0 Å². The van der Waals surface area contributed by atoms with Crippen molar-refractivity contribution in [2.24, 2.45) is 0 Å². The summed E-state index contributed by atoms with van der Waals surface area (Å²) in [5.41, 5.74) is 1.74. The van der Waals surface area contributed by atoms with Crippen LogP contribution in [0, 0.1) is 5.82 Å². The summed E-state index contributed by atoms with van der Waals surface area (Å²) in [6.45, 7) is 4.29. The van der Waals surface area contributed by atoms with E-state index in [0.29, 0.717) is 11.8 Å². The highest BCUT2D eigenvalue weighted by Crippen LogP contribution is 2.23. The van der Waals surface area contributed by atoms with Gasteiger partial charge in [0.15, 0.2) is 0 Å². The first-order valence-corrected chi connectivity index (χ1v) is 5.39. The van der Waals surface area contributed by atoms with E-state index in [0.717, 1.165) is 17.8 Å². The fourth-order valence-corrected chi connectivity index (χ4v) is 2.08. The van der Waals surface area contributed by atoms with E-state index in [1.54, 1.807) is 19.1 Å². The van der Waals surface area contributed by atoms with E-state index in [1.807, 2.05) is 17.6 Å². The van der Waals surface area contributed by atoms with Gasteiger partial charge in [0.25, 0.3) is 0 Å². The molecule has 1 aromatic carbocycles. The van der Waals surface area contributed by atoms with E-state index in [1.165, 1.54) is 6.07 Å². The second-order valence-electron chi connectivity index (χ2n) is 3.93. The van der Waals surface area contributed by atoms with Crippen LogP contribution in [0.5, 0.6) is 0 Å². The average molecular weight is 219 g/mol. The van der Waals surface area contributed by atoms with Crippen molar-refractivity contribution >= 4 is 16.7 Å². The summed E-state index contributed by atoms with van der Waals surface area (Å²) in [5, 5.41) is 0.598. The molecule has 0 atom stereocenters. The number of hydrogen-bond donors (Lipinski definition) is 0. The fourth-order valence-electron chi connectivity index (χ4n) is 2.08. The number of aromatic nitrogens is 1. The third-order valence-corrected chi connectivity index (χ3v) is 2.72. The van der Waals surface area contributed by atoms with Crippen molar-refractivity contribution in [3.63, 3.8) is 0 Å². The lowest BCUT2D eigenvalue weighted by molar-refractivity contribution is -0.116. The molecule has 0 aliphatic rings. The molecule has 2 nitrogen and oxygen atoms in total. The quantitative estimate of drug-likeness (QED) is 0.778. The molecule has 1 heterocycles. The number of fused-ring (bicyclic) bond motifs is 1. The smallest absolute Gasteiger partial charge is 0.135 e. The molecule has 0 unspecified atom stereocenters. The minimum atomic E-state index is -0.227. The molecule has 0 fully saturated rings. The number of nitrogens with zero attached hydrogens (tertiary/aromatic N) is 1. The molecular formula is C13H14FNO. The third-order valence-electron chi connectivity index (χ3n) is 2.72.